The van der Waals surface area contributed by atoms with Gasteiger partial charge in [-0.2, -0.15) is 0 Å². The van der Waals surface area contributed by atoms with Crippen molar-refractivity contribution < 1.29 is 14.3 Å². The van der Waals surface area contributed by atoms with Gasteiger partial charge in [0.05, 0.1) is 0 Å². The third-order valence-electron chi connectivity index (χ3n) is 5.81. The molecule has 0 aliphatic carbocycles. The van der Waals surface area contributed by atoms with Crippen LogP contribution in [0.5, 0.6) is 11.5 Å². The first-order valence-corrected chi connectivity index (χ1v) is 11.2. The summed E-state index contributed by atoms with van der Waals surface area (Å²) in [5.41, 5.74) is 1.84. The number of hydrogen-bond acceptors (Lipinski definition) is 3. The van der Waals surface area contributed by atoms with Crippen LogP contribution in [0.3, 0.4) is 0 Å². The van der Waals surface area contributed by atoms with Crippen LogP contribution in [0.4, 0.5) is 10.5 Å². The van der Waals surface area contributed by atoms with E-state index in [1.54, 1.807) is 0 Å². The van der Waals surface area contributed by atoms with E-state index in [9.17, 15) is 9.59 Å². The fraction of sp³-hybridized carbons (Fsp3) is 0.440. The highest BCUT2D eigenvalue weighted by Crippen LogP contribution is 2.24. The summed E-state index contributed by atoms with van der Waals surface area (Å²) in [6.07, 6.45) is 3.32. The Balaban J connectivity index is 1.44. The summed E-state index contributed by atoms with van der Waals surface area (Å²) in [5.74, 6) is 1.87. The van der Waals surface area contributed by atoms with E-state index in [-0.39, 0.29) is 23.9 Å². The standard InChI is InChI=1S/C25H33N3O3/c1-4-19(5-2)24(29)28-15-13-21(14-16-28)27-25(30)26-20-9-11-22(12-10-20)31-23-8-6-7-18(3)17-23/h6-12,17,19,21H,4-5,13-16H2,1-3H3,(H2,26,27,30). The average Bonchev–Trinajstić information content (AvgIpc) is 2.76. The van der Waals surface area contributed by atoms with Crippen molar-refractivity contribution >= 4 is 17.6 Å². The van der Waals surface area contributed by atoms with E-state index in [1.807, 2.05) is 60.4 Å². The molecule has 3 amide bonds. The zero-order valence-electron chi connectivity index (χ0n) is 18.7. The third kappa shape index (κ3) is 6.48. The normalized spacial score (nSPS) is 14.4. The SMILES string of the molecule is CCC(CC)C(=O)N1CCC(NC(=O)Nc2ccc(Oc3cccc(C)c3)cc2)CC1. The number of benzene rings is 2. The molecule has 0 unspecified atom stereocenters. The largest absolute Gasteiger partial charge is 0.457 e. The van der Waals surface area contributed by atoms with Gasteiger partial charge in [-0.3, -0.25) is 4.79 Å². The van der Waals surface area contributed by atoms with E-state index in [4.69, 9.17) is 4.74 Å². The summed E-state index contributed by atoms with van der Waals surface area (Å²) in [6.45, 7) is 7.54. The Labute approximate surface area is 185 Å². The van der Waals surface area contributed by atoms with E-state index >= 15 is 0 Å². The summed E-state index contributed by atoms with van der Waals surface area (Å²) in [4.78, 5) is 26.8. The zero-order chi connectivity index (χ0) is 22.2. The van der Waals surface area contributed by atoms with E-state index < -0.39 is 0 Å². The smallest absolute Gasteiger partial charge is 0.319 e. The number of carbonyl (C=O) groups excluding carboxylic acids is 2. The van der Waals surface area contributed by atoms with Gasteiger partial charge in [-0.05, 0) is 74.6 Å². The molecule has 0 radical (unpaired) electrons. The molecular formula is C25H33N3O3. The summed E-state index contributed by atoms with van der Waals surface area (Å²) in [7, 11) is 0. The van der Waals surface area contributed by atoms with E-state index in [1.165, 1.54) is 0 Å². The van der Waals surface area contributed by atoms with Gasteiger partial charge < -0.3 is 20.3 Å². The molecule has 2 aromatic carbocycles. The fourth-order valence-electron chi connectivity index (χ4n) is 3.91. The maximum atomic E-state index is 12.5. The molecule has 0 saturated carbocycles. The molecule has 0 aromatic heterocycles. The Morgan fingerprint density at radius 3 is 2.32 bits per heavy atom. The fourth-order valence-corrected chi connectivity index (χ4v) is 3.91. The second-order valence-electron chi connectivity index (χ2n) is 8.15. The number of nitrogens with one attached hydrogen (secondary N) is 2. The molecule has 2 aromatic rings. The molecule has 6 nitrogen and oxygen atoms in total. The van der Waals surface area contributed by atoms with Crippen LogP contribution in [0.15, 0.2) is 48.5 Å². The lowest BCUT2D eigenvalue weighted by atomic mass is 9.98. The van der Waals surface area contributed by atoms with Crippen molar-refractivity contribution in [3.63, 3.8) is 0 Å². The number of aryl methyl sites for hydroxylation is 1. The third-order valence-corrected chi connectivity index (χ3v) is 5.81. The van der Waals surface area contributed by atoms with E-state index in [0.717, 1.165) is 37.0 Å². The molecule has 166 valence electrons. The lowest BCUT2D eigenvalue weighted by Gasteiger charge is -2.34. The number of piperidine rings is 1. The van der Waals surface area contributed by atoms with Crippen LogP contribution in [-0.4, -0.2) is 36.0 Å². The lowest BCUT2D eigenvalue weighted by Crippen LogP contribution is -2.48. The minimum Gasteiger partial charge on any atom is -0.457 e. The Morgan fingerprint density at radius 1 is 1.03 bits per heavy atom. The van der Waals surface area contributed by atoms with Crippen LogP contribution < -0.4 is 15.4 Å². The summed E-state index contributed by atoms with van der Waals surface area (Å²) >= 11 is 0. The summed E-state index contributed by atoms with van der Waals surface area (Å²) in [5, 5.41) is 5.90. The van der Waals surface area contributed by atoms with E-state index in [0.29, 0.717) is 24.5 Å². The van der Waals surface area contributed by atoms with Crippen molar-refractivity contribution in [2.24, 2.45) is 5.92 Å². The Morgan fingerprint density at radius 2 is 1.71 bits per heavy atom. The predicted molar refractivity (Wildman–Crippen MR) is 124 cm³/mol. The molecule has 0 spiro atoms. The number of rotatable bonds is 7. The first kappa shape index (κ1) is 22.7. The van der Waals surface area contributed by atoms with Crippen molar-refractivity contribution in [1.82, 2.24) is 10.2 Å². The average molecular weight is 424 g/mol. The number of amides is 3. The maximum Gasteiger partial charge on any atom is 0.319 e. The predicted octanol–water partition coefficient (Wildman–Crippen LogP) is 5.34. The Kier molecular flexibility index (Phi) is 7.93. The van der Waals surface area contributed by atoms with Crippen LogP contribution in [0.1, 0.15) is 45.1 Å². The van der Waals surface area contributed by atoms with E-state index in [2.05, 4.69) is 24.5 Å². The first-order chi connectivity index (χ1) is 15.0. The maximum absolute atomic E-state index is 12.5. The van der Waals surface area contributed by atoms with Crippen molar-refractivity contribution in [2.75, 3.05) is 18.4 Å². The van der Waals surface area contributed by atoms with Gasteiger partial charge >= 0.3 is 6.03 Å². The van der Waals surface area contributed by atoms with Crippen LogP contribution in [-0.2, 0) is 4.79 Å². The number of anilines is 1. The number of nitrogens with zero attached hydrogens (tertiary/aromatic N) is 1. The molecule has 0 atom stereocenters. The van der Waals surface area contributed by atoms with Gasteiger partial charge in [0, 0.05) is 30.7 Å². The summed E-state index contributed by atoms with van der Waals surface area (Å²) in [6, 6.07) is 15.0. The molecule has 1 heterocycles. The topological polar surface area (TPSA) is 70.7 Å². The molecule has 1 fully saturated rings. The van der Waals surface area contributed by atoms with Crippen molar-refractivity contribution in [1.29, 1.82) is 0 Å². The zero-order valence-corrected chi connectivity index (χ0v) is 18.7. The monoisotopic (exact) mass is 423 g/mol. The van der Waals surface area contributed by atoms with Crippen molar-refractivity contribution in [3.8, 4) is 11.5 Å². The minimum atomic E-state index is -0.225. The Bertz CT molecular complexity index is 870. The van der Waals surface area contributed by atoms with Gasteiger partial charge in [-0.1, -0.05) is 26.0 Å². The van der Waals surface area contributed by atoms with Gasteiger partial charge in [-0.15, -0.1) is 0 Å². The van der Waals surface area contributed by atoms with Gasteiger partial charge in [0.2, 0.25) is 5.91 Å². The number of hydrogen-bond donors (Lipinski definition) is 2. The van der Waals surface area contributed by atoms with Crippen molar-refractivity contribution in [2.45, 2.75) is 52.5 Å². The highest BCUT2D eigenvalue weighted by atomic mass is 16.5. The van der Waals surface area contributed by atoms with Gasteiger partial charge in [0.1, 0.15) is 11.5 Å². The molecule has 1 aliphatic heterocycles. The highest BCUT2D eigenvalue weighted by molar-refractivity contribution is 5.89. The molecule has 2 N–H and O–H groups in total. The number of carbonyl (C=O) groups is 2. The van der Waals surface area contributed by atoms with Gasteiger partial charge in [-0.25, -0.2) is 4.79 Å². The molecule has 6 heteroatoms. The molecule has 31 heavy (non-hydrogen) atoms. The van der Waals surface area contributed by atoms with Gasteiger partial charge in [0.25, 0.3) is 0 Å². The molecular weight excluding hydrogens is 390 g/mol. The quantitative estimate of drug-likeness (QED) is 0.632. The second kappa shape index (κ2) is 10.8. The van der Waals surface area contributed by atoms with Crippen LogP contribution in [0.25, 0.3) is 0 Å². The number of likely N-dealkylation sites (tertiary alicyclic amines) is 1. The molecule has 1 aliphatic rings. The number of ether oxygens (including phenoxy) is 1. The molecule has 3 rings (SSSR count). The lowest BCUT2D eigenvalue weighted by molar-refractivity contribution is -0.136. The van der Waals surface area contributed by atoms with Crippen LogP contribution in [0, 0.1) is 12.8 Å². The van der Waals surface area contributed by atoms with Crippen molar-refractivity contribution in [3.05, 3.63) is 54.1 Å². The Hall–Kier alpha value is -3.02. The second-order valence-corrected chi connectivity index (χ2v) is 8.15. The van der Waals surface area contributed by atoms with Crippen LogP contribution >= 0.6 is 0 Å². The number of urea groups is 1. The minimum absolute atomic E-state index is 0.0784. The molecule has 1 saturated heterocycles. The first-order valence-electron chi connectivity index (χ1n) is 11.2. The highest BCUT2D eigenvalue weighted by Gasteiger charge is 2.27. The molecule has 0 bridgehead atoms. The van der Waals surface area contributed by atoms with Gasteiger partial charge in [0.15, 0.2) is 0 Å². The van der Waals surface area contributed by atoms with Crippen LogP contribution in [0.2, 0.25) is 0 Å². The summed E-state index contributed by atoms with van der Waals surface area (Å²) < 4.78 is 5.84.